The van der Waals surface area contributed by atoms with Gasteiger partial charge in [-0.1, -0.05) is 6.92 Å². The van der Waals surface area contributed by atoms with Crippen molar-refractivity contribution in [2.75, 3.05) is 31.5 Å². The van der Waals surface area contributed by atoms with E-state index in [1.807, 2.05) is 0 Å². The summed E-state index contributed by atoms with van der Waals surface area (Å²) in [5.74, 6) is 0.181. The molecule has 1 aromatic rings. The standard InChI is InChI=1S/C18H27FN4O4S/c1-14-6-10-22(11-7-14)28(25,26)23-12-8-17(9-13-23)27-21-18(24)20-16-4-2-15(19)3-5-16/h2-5,14,17H,6-13H2,1H3,(H2,20,21,24). The van der Waals surface area contributed by atoms with Gasteiger partial charge in [-0.15, -0.1) is 0 Å². The molecule has 0 aliphatic carbocycles. The van der Waals surface area contributed by atoms with E-state index in [0.717, 1.165) is 12.8 Å². The summed E-state index contributed by atoms with van der Waals surface area (Å²) in [7, 11) is -3.43. The van der Waals surface area contributed by atoms with Crippen LogP contribution in [-0.2, 0) is 15.0 Å². The van der Waals surface area contributed by atoms with Gasteiger partial charge in [-0.3, -0.25) is 4.84 Å². The Balaban J connectivity index is 1.41. The van der Waals surface area contributed by atoms with Gasteiger partial charge in [-0.05, 0) is 55.9 Å². The number of amides is 2. The molecule has 2 amide bonds. The van der Waals surface area contributed by atoms with Crippen molar-refractivity contribution in [3.63, 3.8) is 0 Å². The SMILES string of the molecule is CC1CCN(S(=O)(=O)N2CCC(ONC(=O)Nc3ccc(F)cc3)CC2)CC1. The van der Waals surface area contributed by atoms with Crippen LogP contribution in [0.3, 0.4) is 0 Å². The average molecular weight is 415 g/mol. The van der Waals surface area contributed by atoms with Crippen molar-refractivity contribution >= 4 is 21.9 Å². The minimum Gasteiger partial charge on any atom is -0.306 e. The largest absolute Gasteiger partial charge is 0.343 e. The zero-order valence-corrected chi connectivity index (χ0v) is 16.8. The van der Waals surface area contributed by atoms with Crippen LogP contribution in [0.5, 0.6) is 0 Å². The van der Waals surface area contributed by atoms with Crippen LogP contribution in [0, 0.1) is 11.7 Å². The number of piperidine rings is 2. The number of hydroxylamine groups is 1. The summed E-state index contributed by atoms with van der Waals surface area (Å²) in [6, 6.07) is 4.81. The topological polar surface area (TPSA) is 91.0 Å². The number of nitrogens with one attached hydrogen (secondary N) is 2. The predicted octanol–water partition coefficient (Wildman–Crippen LogP) is 2.32. The van der Waals surface area contributed by atoms with Crippen LogP contribution in [0.4, 0.5) is 14.9 Å². The molecular formula is C18H27FN4O4S. The Morgan fingerprint density at radius 2 is 1.57 bits per heavy atom. The summed E-state index contributed by atoms with van der Waals surface area (Å²) in [5, 5.41) is 2.53. The van der Waals surface area contributed by atoms with Crippen LogP contribution in [-0.4, -0.2) is 55.3 Å². The molecule has 0 aromatic heterocycles. The van der Waals surface area contributed by atoms with Gasteiger partial charge in [0.05, 0.1) is 6.10 Å². The highest BCUT2D eigenvalue weighted by atomic mass is 32.2. The average Bonchev–Trinajstić information content (AvgIpc) is 2.69. The highest BCUT2D eigenvalue weighted by Crippen LogP contribution is 2.23. The van der Waals surface area contributed by atoms with Crippen LogP contribution in [0.15, 0.2) is 24.3 Å². The van der Waals surface area contributed by atoms with E-state index >= 15 is 0 Å². The zero-order chi connectivity index (χ0) is 20.1. The maximum Gasteiger partial charge on any atom is 0.343 e. The van der Waals surface area contributed by atoms with E-state index in [-0.39, 0.29) is 11.9 Å². The van der Waals surface area contributed by atoms with Crippen molar-refractivity contribution in [1.29, 1.82) is 0 Å². The second-order valence-corrected chi connectivity index (χ2v) is 9.30. The Hall–Kier alpha value is -1.75. The van der Waals surface area contributed by atoms with Crippen molar-refractivity contribution in [2.45, 2.75) is 38.7 Å². The van der Waals surface area contributed by atoms with E-state index in [1.165, 1.54) is 28.6 Å². The molecule has 0 atom stereocenters. The monoisotopic (exact) mass is 414 g/mol. The summed E-state index contributed by atoms with van der Waals surface area (Å²) < 4.78 is 41.4. The number of anilines is 1. The lowest BCUT2D eigenvalue weighted by molar-refractivity contribution is -0.0251. The third-order valence-corrected chi connectivity index (χ3v) is 7.25. The molecule has 1 aromatic carbocycles. The number of carbonyl (C=O) groups is 1. The molecule has 0 bridgehead atoms. The summed E-state index contributed by atoms with van der Waals surface area (Å²) in [6.45, 7) is 4.02. The van der Waals surface area contributed by atoms with Crippen LogP contribution in [0.2, 0.25) is 0 Å². The molecule has 0 spiro atoms. The molecule has 28 heavy (non-hydrogen) atoms. The molecule has 2 saturated heterocycles. The molecule has 2 aliphatic heterocycles. The second-order valence-electron chi connectivity index (χ2n) is 7.37. The first-order valence-electron chi connectivity index (χ1n) is 9.58. The summed E-state index contributed by atoms with van der Waals surface area (Å²) in [6.07, 6.45) is 2.53. The fourth-order valence-electron chi connectivity index (χ4n) is 3.39. The highest BCUT2D eigenvalue weighted by Gasteiger charge is 2.34. The smallest absolute Gasteiger partial charge is 0.306 e. The van der Waals surface area contributed by atoms with E-state index in [2.05, 4.69) is 17.7 Å². The number of benzene rings is 1. The van der Waals surface area contributed by atoms with E-state index in [1.54, 1.807) is 4.31 Å². The van der Waals surface area contributed by atoms with Gasteiger partial charge in [0.2, 0.25) is 0 Å². The lowest BCUT2D eigenvalue weighted by Gasteiger charge is -2.37. The van der Waals surface area contributed by atoms with Crippen LogP contribution in [0.25, 0.3) is 0 Å². The number of halogens is 1. The predicted molar refractivity (Wildman–Crippen MR) is 103 cm³/mol. The van der Waals surface area contributed by atoms with Crippen LogP contribution < -0.4 is 10.8 Å². The number of rotatable bonds is 5. The summed E-state index contributed by atoms with van der Waals surface area (Å²) >= 11 is 0. The normalized spacial score (nSPS) is 20.8. The lowest BCUT2D eigenvalue weighted by atomic mass is 10.0. The van der Waals surface area contributed by atoms with Gasteiger partial charge in [0.15, 0.2) is 0 Å². The number of nitrogens with zero attached hydrogens (tertiary/aromatic N) is 2. The third kappa shape index (κ3) is 5.40. The molecule has 2 heterocycles. The Morgan fingerprint density at radius 1 is 1.04 bits per heavy atom. The van der Waals surface area contributed by atoms with Crippen molar-refractivity contribution in [3.05, 3.63) is 30.1 Å². The Bertz CT molecular complexity index is 758. The van der Waals surface area contributed by atoms with Crippen molar-refractivity contribution < 1.29 is 22.4 Å². The van der Waals surface area contributed by atoms with Gasteiger partial charge >= 0.3 is 6.03 Å². The summed E-state index contributed by atoms with van der Waals surface area (Å²) in [5.41, 5.74) is 2.76. The first-order valence-corrected chi connectivity index (χ1v) is 11.0. The number of carbonyl (C=O) groups excluding carboxylic acids is 1. The van der Waals surface area contributed by atoms with Crippen molar-refractivity contribution in [1.82, 2.24) is 14.1 Å². The number of urea groups is 1. The fraction of sp³-hybridized carbons (Fsp3) is 0.611. The minimum atomic E-state index is -3.43. The molecule has 8 nitrogen and oxygen atoms in total. The molecule has 0 saturated carbocycles. The molecule has 2 fully saturated rings. The van der Waals surface area contributed by atoms with E-state index in [0.29, 0.717) is 50.6 Å². The molecule has 2 N–H and O–H groups in total. The highest BCUT2D eigenvalue weighted by molar-refractivity contribution is 7.86. The molecule has 0 unspecified atom stereocenters. The van der Waals surface area contributed by atoms with Crippen molar-refractivity contribution in [3.8, 4) is 0 Å². The quantitative estimate of drug-likeness (QED) is 0.724. The molecule has 10 heteroatoms. The lowest BCUT2D eigenvalue weighted by Crippen LogP contribution is -2.50. The van der Waals surface area contributed by atoms with Crippen LogP contribution in [0.1, 0.15) is 32.6 Å². The van der Waals surface area contributed by atoms with E-state index in [4.69, 9.17) is 4.84 Å². The molecule has 2 aliphatic rings. The minimum absolute atomic E-state index is 0.258. The maximum atomic E-state index is 12.9. The van der Waals surface area contributed by atoms with Crippen molar-refractivity contribution in [2.24, 2.45) is 5.92 Å². The van der Waals surface area contributed by atoms with Gasteiger partial charge < -0.3 is 5.32 Å². The zero-order valence-electron chi connectivity index (χ0n) is 15.9. The maximum absolute atomic E-state index is 12.9. The Labute approximate surface area is 165 Å². The second kappa shape index (κ2) is 9.17. The first-order chi connectivity index (χ1) is 13.3. The van der Waals surface area contributed by atoms with E-state index in [9.17, 15) is 17.6 Å². The molecule has 156 valence electrons. The van der Waals surface area contributed by atoms with Gasteiger partial charge in [-0.2, -0.15) is 17.0 Å². The van der Waals surface area contributed by atoms with Gasteiger partial charge in [-0.25, -0.2) is 14.7 Å². The Kier molecular flexibility index (Phi) is 6.86. The molecular weight excluding hydrogens is 387 g/mol. The Morgan fingerprint density at radius 3 is 2.14 bits per heavy atom. The first kappa shape index (κ1) is 21.0. The number of hydrogen-bond acceptors (Lipinski definition) is 4. The number of hydrogen-bond donors (Lipinski definition) is 2. The van der Waals surface area contributed by atoms with Gasteiger partial charge in [0.1, 0.15) is 5.82 Å². The van der Waals surface area contributed by atoms with E-state index < -0.39 is 16.2 Å². The molecule has 3 rings (SSSR count). The van der Waals surface area contributed by atoms with Gasteiger partial charge in [0.25, 0.3) is 10.2 Å². The van der Waals surface area contributed by atoms with Gasteiger partial charge in [0, 0.05) is 31.9 Å². The third-order valence-electron chi connectivity index (χ3n) is 5.22. The fourth-order valence-corrected chi connectivity index (χ4v) is 5.06. The van der Waals surface area contributed by atoms with Crippen LogP contribution >= 0.6 is 0 Å². The summed E-state index contributed by atoms with van der Waals surface area (Å²) in [4.78, 5) is 17.2. The molecule has 0 radical (unpaired) electrons.